The topological polar surface area (TPSA) is 101 Å². The van der Waals surface area contributed by atoms with Crippen molar-refractivity contribution in [1.29, 1.82) is 0 Å². The number of nitro benzene ring substituents is 1. The van der Waals surface area contributed by atoms with Crippen LogP contribution in [0.1, 0.15) is 23.7 Å². The monoisotopic (exact) mass is 453 g/mol. The van der Waals surface area contributed by atoms with Crippen molar-refractivity contribution in [3.05, 3.63) is 94.3 Å². The van der Waals surface area contributed by atoms with Crippen LogP contribution in [0.3, 0.4) is 0 Å². The molecule has 3 rings (SSSR count). The molecular weight excluding hydrogens is 433 g/mol. The molecule has 0 fully saturated rings. The predicted octanol–water partition coefficient (Wildman–Crippen LogP) is 5.50. The number of para-hydroxylation sites is 1. The van der Waals surface area contributed by atoms with E-state index < -0.39 is 21.9 Å². The van der Waals surface area contributed by atoms with E-state index in [0.29, 0.717) is 12.1 Å². The lowest BCUT2D eigenvalue weighted by atomic mass is 10.2. The number of non-ortho nitro benzene ring substituents is 1. The van der Waals surface area contributed by atoms with Crippen LogP contribution in [-0.2, 0) is 4.79 Å². The van der Waals surface area contributed by atoms with Crippen LogP contribution in [0.15, 0.2) is 77.7 Å². The van der Waals surface area contributed by atoms with Gasteiger partial charge >= 0.3 is 0 Å². The van der Waals surface area contributed by atoms with E-state index in [2.05, 4.69) is 10.6 Å². The minimum absolute atomic E-state index is 0.0979. The Balaban J connectivity index is 1.66. The number of hydrogen-bond donors (Lipinski definition) is 2. The predicted molar refractivity (Wildman–Crippen MR) is 122 cm³/mol. The molecule has 0 spiro atoms. The van der Waals surface area contributed by atoms with Gasteiger partial charge in [0.25, 0.3) is 11.6 Å². The number of amides is 2. The summed E-state index contributed by atoms with van der Waals surface area (Å²) in [6.45, 7) is 1.86. The smallest absolute Gasteiger partial charge is 0.269 e. The first-order chi connectivity index (χ1) is 15.4. The third-order valence-electron chi connectivity index (χ3n) is 4.51. The Kier molecular flexibility index (Phi) is 7.56. The van der Waals surface area contributed by atoms with Crippen molar-refractivity contribution in [2.45, 2.75) is 23.5 Å². The van der Waals surface area contributed by atoms with Crippen LogP contribution in [0.5, 0.6) is 0 Å². The molecule has 3 aromatic carbocycles. The molecule has 0 aliphatic heterocycles. The molecule has 32 heavy (non-hydrogen) atoms. The summed E-state index contributed by atoms with van der Waals surface area (Å²) in [7, 11) is 0. The molecule has 0 aliphatic rings. The Labute approximate surface area is 188 Å². The van der Waals surface area contributed by atoms with E-state index in [0.717, 1.165) is 4.90 Å². The van der Waals surface area contributed by atoms with Gasteiger partial charge in [-0.3, -0.25) is 19.7 Å². The summed E-state index contributed by atoms with van der Waals surface area (Å²) in [4.78, 5) is 36.0. The van der Waals surface area contributed by atoms with Gasteiger partial charge in [0.15, 0.2) is 0 Å². The molecule has 0 aromatic heterocycles. The molecule has 0 saturated heterocycles. The van der Waals surface area contributed by atoms with Crippen LogP contribution in [0.4, 0.5) is 21.5 Å². The van der Waals surface area contributed by atoms with Crippen molar-refractivity contribution in [2.24, 2.45) is 0 Å². The van der Waals surface area contributed by atoms with Gasteiger partial charge in [-0.15, -0.1) is 11.8 Å². The van der Waals surface area contributed by atoms with Gasteiger partial charge in [-0.1, -0.05) is 25.1 Å². The average Bonchev–Trinajstić information content (AvgIpc) is 2.79. The summed E-state index contributed by atoms with van der Waals surface area (Å²) < 4.78 is 13.8. The Hall–Kier alpha value is -3.72. The van der Waals surface area contributed by atoms with Crippen molar-refractivity contribution in [3.8, 4) is 0 Å². The normalized spacial score (nSPS) is 11.4. The fraction of sp³-hybridized carbons (Fsp3) is 0.130. The maximum absolute atomic E-state index is 13.8. The van der Waals surface area contributed by atoms with Crippen LogP contribution in [0.2, 0.25) is 0 Å². The Morgan fingerprint density at radius 1 is 1.03 bits per heavy atom. The fourth-order valence-corrected chi connectivity index (χ4v) is 3.86. The Morgan fingerprint density at radius 3 is 2.41 bits per heavy atom. The second kappa shape index (κ2) is 10.5. The second-order valence-electron chi connectivity index (χ2n) is 6.77. The highest BCUT2D eigenvalue weighted by molar-refractivity contribution is 8.00. The first kappa shape index (κ1) is 23.0. The molecule has 1 atom stereocenters. The molecule has 3 aromatic rings. The number of nitro groups is 1. The number of carbonyl (C=O) groups is 2. The molecule has 2 amide bonds. The van der Waals surface area contributed by atoms with E-state index in [1.165, 1.54) is 48.2 Å². The number of benzene rings is 3. The number of carbonyl (C=O) groups excluding carboxylic acids is 2. The quantitative estimate of drug-likeness (QED) is 0.267. The molecule has 7 nitrogen and oxygen atoms in total. The molecule has 164 valence electrons. The van der Waals surface area contributed by atoms with Crippen molar-refractivity contribution >= 4 is 40.6 Å². The highest BCUT2D eigenvalue weighted by Crippen LogP contribution is 2.29. The number of nitrogens with one attached hydrogen (secondary N) is 2. The van der Waals surface area contributed by atoms with Gasteiger partial charge in [-0.05, 0) is 48.9 Å². The van der Waals surface area contributed by atoms with Gasteiger partial charge in [0.2, 0.25) is 5.91 Å². The third-order valence-corrected chi connectivity index (χ3v) is 5.86. The first-order valence-electron chi connectivity index (χ1n) is 9.75. The third kappa shape index (κ3) is 5.92. The summed E-state index contributed by atoms with van der Waals surface area (Å²) >= 11 is 1.30. The number of rotatable bonds is 8. The standard InChI is InChI=1S/C23H20FN3O4S/c1-2-21(23(29)26-20-9-4-3-8-19(20)24)32-18-7-5-6-16(14-18)25-22(28)15-10-12-17(13-11-15)27(30)31/h3-14,21H,2H2,1H3,(H,25,28)(H,26,29). The van der Waals surface area contributed by atoms with Crippen LogP contribution in [0.25, 0.3) is 0 Å². The van der Waals surface area contributed by atoms with E-state index in [4.69, 9.17) is 0 Å². The SMILES string of the molecule is CCC(Sc1cccc(NC(=O)c2ccc([N+](=O)[O-])cc2)c1)C(=O)Nc1ccccc1F. The molecule has 0 radical (unpaired) electrons. The maximum Gasteiger partial charge on any atom is 0.269 e. The van der Waals surface area contributed by atoms with Crippen LogP contribution >= 0.6 is 11.8 Å². The van der Waals surface area contributed by atoms with E-state index in [9.17, 15) is 24.1 Å². The van der Waals surface area contributed by atoms with Crippen molar-refractivity contribution in [2.75, 3.05) is 10.6 Å². The van der Waals surface area contributed by atoms with E-state index in [-0.39, 0.29) is 22.8 Å². The van der Waals surface area contributed by atoms with Gasteiger partial charge in [0.05, 0.1) is 15.9 Å². The highest BCUT2D eigenvalue weighted by Gasteiger charge is 2.19. The lowest BCUT2D eigenvalue weighted by Crippen LogP contribution is -2.25. The van der Waals surface area contributed by atoms with Crippen molar-refractivity contribution < 1.29 is 18.9 Å². The zero-order chi connectivity index (χ0) is 23.1. The van der Waals surface area contributed by atoms with Gasteiger partial charge in [0, 0.05) is 28.3 Å². The van der Waals surface area contributed by atoms with E-state index >= 15 is 0 Å². The average molecular weight is 453 g/mol. The second-order valence-corrected chi connectivity index (χ2v) is 8.05. The lowest BCUT2D eigenvalue weighted by molar-refractivity contribution is -0.384. The summed E-state index contributed by atoms with van der Waals surface area (Å²) in [6, 6.07) is 18.2. The van der Waals surface area contributed by atoms with Crippen LogP contribution in [0, 0.1) is 15.9 Å². The summed E-state index contributed by atoms with van der Waals surface area (Å²) in [5, 5.41) is 15.6. The molecule has 9 heteroatoms. The van der Waals surface area contributed by atoms with Crippen LogP contribution in [-0.4, -0.2) is 22.0 Å². The van der Waals surface area contributed by atoms with Crippen molar-refractivity contribution in [1.82, 2.24) is 0 Å². The first-order valence-corrected chi connectivity index (χ1v) is 10.6. The maximum atomic E-state index is 13.8. The van der Waals surface area contributed by atoms with E-state index in [1.807, 2.05) is 13.0 Å². The molecular formula is C23H20FN3O4S. The number of thioether (sulfide) groups is 1. The van der Waals surface area contributed by atoms with Gasteiger partial charge in [0.1, 0.15) is 5.82 Å². The number of hydrogen-bond acceptors (Lipinski definition) is 5. The molecule has 0 bridgehead atoms. The Bertz CT molecular complexity index is 1140. The zero-order valence-corrected chi connectivity index (χ0v) is 17.9. The number of nitrogens with zero attached hydrogens (tertiary/aromatic N) is 1. The summed E-state index contributed by atoms with van der Waals surface area (Å²) in [6.07, 6.45) is 0.518. The minimum Gasteiger partial charge on any atom is -0.323 e. The van der Waals surface area contributed by atoms with Gasteiger partial charge in [-0.2, -0.15) is 0 Å². The summed E-state index contributed by atoms with van der Waals surface area (Å²) in [5.74, 6) is -1.23. The molecule has 0 saturated carbocycles. The summed E-state index contributed by atoms with van der Waals surface area (Å²) in [5.41, 5.74) is 0.826. The Morgan fingerprint density at radius 2 is 1.75 bits per heavy atom. The molecule has 0 aliphatic carbocycles. The molecule has 1 unspecified atom stereocenters. The number of halogens is 1. The lowest BCUT2D eigenvalue weighted by Gasteiger charge is -2.16. The largest absolute Gasteiger partial charge is 0.323 e. The molecule has 0 heterocycles. The van der Waals surface area contributed by atoms with Crippen LogP contribution < -0.4 is 10.6 Å². The fourth-order valence-electron chi connectivity index (χ4n) is 2.85. The minimum atomic E-state index is -0.533. The van der Waals surface area contributed by atoms with Gasteiger partial charge in [-0.25, -0.2) is 4.39 Å². The molecule has 2 N–H and O–H groups in total. The highest BCUT2D eigenvalue weighted by atomic mass is 32.2. The van der Waals surface area contributed by atoms with Crippen molar-refractivity contribution in [3.63, 3.8) is 0 Å². The van der Waals surface area contributed by atoms with Gasteiger partial charge < -0.3 is 10.6 Å². The van der Waals surface area contributed by atoms with E-state index in [1.54, 1.807) is 30.3 Å². The zero-order valence-electron chi connectivity index (χ0n) is 17.1. The number of anilines is 2.